The van der Waals surface area contributed by atoms with Gasteiger partial charge in [0.05, 0.1) is 11.6 Å². The minimum absolute atomic E-state index is 0.00707. The second kappa shape index (κ2) is 7.73. The number of anilines is 2. The second-order valence-electron chi connectivity index (χ2n) is 5.88. The number of nitrogens with zero attached hydrogens (tertiary/aromatic N) is 3. The first kappa shape index (κ1) is 16.2. The summed E-state index contributed by atoms with van der Waals surface area (Å²) in [6.07, 6.45) is 10.6. The van der Waals surface area contributed by atoms with Crippen LogP contribution in [0, 0.1) is 0 Å². The number of benzene rings is 1. The van der Waals surface area contributed by atoms with E-state index in [2.05, 4.69) is 34.4 Å². The van der Waals surface area contributed by atoms with Gasteiger partial charge in [-0.05, 0) is 18.6 Å². The molecule has 0 spiro atoms. The Kier molecular flexibility index (Phi) is 5.21. The van der Waals surface area contributed by atoms with Gasteiger partial charge in [-0.15, -0.1) is 0 Å². The van der Waals surface area contributed by atoms with Crippen LogP contribution in [0.25, 0.3) is 0 Å². The van der Waals surface area contributed by atoms with Crippen LogP contribution in [0.1, 0.15) is 36.5 Å². The van der Waals surface area contributed by atoms with Crippen LogP contribution in [-0.2, 0) is 0 Å². The average Bonchev–Trinajstić information content (AvgIpc) is 3.09. The molecule has 1 aliphatic rings. The van der Waals surface area contributed by atoms with E-state index in [0.29, 0.717) is 18.1 Å². The maximum Gasteiger partial charge on any atom is 0.257 e. The van der Waals surface area contributed by atoms with Crippen LogP contribution < -0.4 is 5.32 Å². The third kappa shape index (κ3) is 3.79. The molecule has 1 aromatic carbocycles. The van der Waals surface area contributed by atoms with Crippen LogP contribution in [0.2, 0.25) is 0 Å². The zero-order valence-corrected chi connectivity index (χ0v) is 13.9. The van der Waals surface area contributed by atoms with E-state index in [1.165, 1.54) is 0 Å². The summed E-state index contributed by atoms with van der Waals surface area (Å²) in [5, 5.41) is 3.12. The molecule has 1 amide bonds. The summed E-state index contributed by atoms with van der Waals surface area (Å²) >= 11 is 0. The van der Waals surface area contributed by atoms with E-state index >= 15 is 0 Å². The van der Waals surface area contributed by atoms with Crippen molar-refractivity contribution in [2.45, 2.75) is 32.2 Å². The highest BCUT2D eigenvalue weighted by atomic mass is 16.2. The van der Waals surface area contributed by atoms with Crippen LogP contribution in [0.5, 0.6) is 0 Å². The first-order chi connectivity index (χ1) is 11.8. The number of carbonyl (C=O) groups excluding carboxylic acids is 1. The predicted molar refractivity (Wildman–Crippen MR) is 95.2 cm³/mol. The lowest BCUT2D eigenvalue weighted by molar-refractivity contribution is 0.0742. The zero-order valence-electron chi connectivity index (χ0n) is 13.9. The molecular weight excluding hydrogens is 300 g/mol. The third-order valence-corrected chi connectivity index (χ3v) is 4.10. The first-order valence-corrected chi connectivity index (χ1v) is 8.39. The SMILES string of the molecule is CCCC[C@H]1C=CCN1C(=O)c1cnc(Nc2ccccc2)nc1. The number of hydrogen-bond donors (Lipinski definition) is 1. The summed E-state index contributed by atoms with van der Waals surface area (Å²) in [6, 6.07) is 9.91. The number of para-hydroxylation sites is 1. The Morgan fingerprint density at radius 2 is 2.00 bits per heavy atom. The molecule has 0 fully saturated rings. The highest BCUT2D eigenvalue weighted by Crippen LogP contribution is 2.19. The minimum atomic E-state index is -0.00707. The summed E-state index contributed by atoms with van der Waals surface area (Å²) in [5.41, 5.74) is 1.44. The van der Waals surface area contributed by atoms with E-state index in [0.717, 1.165) is 24.9 Å². The number of unbranched alkanes of at least 4 members (excludes halogenated alkanes) is 1. The summed E-state index contributed by atoms with van der Waals surface area (Å²) in [6.45, 7) is 2.83. The molecule has 1 aliphatic heterocycles. The molecule has 0 unspecified atom stereocenters. The van der Waals surface area contributed by atoms with Crippen molar-refractivity contribution >= 4 is 17.5 Å². The van der Waals surface area contributed by atoms with Gasteiger partial charge in [0.1, 0.15) is 0 Å². The minimum Gasteiger partial charge on any atom is -0.328 e. The van der Waals surface area contributed by atoms with Crippen molar-refractivity contribution in [1.82, 2.24) is 14.9 Å². The van der Waals surface area contributed by atoms with Crippen molar-refractivity contribution in [2.75, 3.05) is 11.9 Å². The lowest BCUT2D eigenvalue weighted by atomic mass is 10.1. The van der Waals surface area contributed by atoms with E-state index in [1.807, 2.05) is 35.2 Å². The van der Waals surface area contributed by atoms with E-state index in [4.69, 9.17) is 0 Å². The average molecular weight is 322 g/mol. The number of rotatable bonds is 6. The zero-order chi connectivity index (χ0) is 16.8. The molecule has 5 nitrogen and oxygen atoms in total. The second-order valence-corrected chi connectivity index (χ2v) is 5.88. The van der Waals surface area contributed by atoms with Crippen molar-refractivity contribution in [3.05, 3.63) is 60.4 Å². The highest BCUT2D eigenvalue weighted by molar-refractivity contribution is 5.94. The molecule has 2 heterocycles. The molecule has 0 radical (unpaired) electrons. The van der Waals surface area contributed by atoms with E-state index in [-0.39, 0.29) is 11.9 Å². The Balaban J connectivity index is 1.65. The largest absolute Gasteiger partial charge is 0.328 e. The van der Waals surface area contributed by atoms with Crippen molar-refractivity contribution in [2.24, 2.45) is 0 Å². The highest BCUT2D eigenvalue weighted by Gasteiger charge is 2.25. The van der Waals surface area contributed by atoms with E-state index in [9.17, 15) is 4.79 Å². The van der Waals surface area contributed by atoms with Gasteiger partial charge in [-0.3, -0.25) is 4.79 Å². The molecular formula is C19H22N4O. The predicted octanol–water partition coefficient (Wildman–Crippen LogP) is 3.79. The van der Waals surface area contributed by atoms with Crippen LogP contribution in [0.15, 0.2) is 54.9 Å². The smallest absolute Gasteiger partial charge is 0.257 e. The molecule has 1 aromatic heterocycles. The van der Waals surface area contributed by atoms with E-state index in [1.54, 1.807) is 12.4 Å². The van der Waals surface area contributed by atoms with E-state index < -0.39 is 0 Å². The van der Waals surface area contributed by atoms with Crippen LogP contribution in [0.4, 0.5) is 11.6 Å². The van der Waals surface area contributed by atoms with Gasteiger partial charge in [0.25, 0.3) is 5.91 Å². The molecule has 24 heavy (non-hydrogen) atoms. The number of amides is 1. The molecule has 0 saturated heterocycles. The topological polar surface area (TPSA) is 58.1 Å². The Morgan fingerprint density at radius 1 is 1.25 bits per heavy atom. The van der Waals surface area contributed by atoms with Crippen molar-refractivity contribution in [1.29, 1.82) is 0 Å². The summed E-state index contributed by atoms with van der Waals surface area (Å²) < 4.78 is 0. The molecule has 1 N–H and O–H groups in total. The Hall–Kier alpha value is -2.69. The van der Waals surface area contributed by atoms with Gasteiger partial charge in [-0.2, -0.15) is 0 Å². The van der Waals surface area contributed by atoms with Crippen molar-refractivity contribution in [3.63, 3.8) is 0 Å². The van der Waals surface area contributed by atoms with Crippen LogP contribution in [-0.4, -0.2) is 33.4 Å². The monoisotopic (exact) mass is 322 g/mol. The molecule has 2 aromatic rings. The molecule has 124 valence electrons. The van der Waals surface area contributed by atoms with Gasteiger partial charge >= 0.3 is 0 Å². The van der Waals surface area contributed by atoms with Gasteiger partial charge in [0.2, 0.25) is 5.95 Å². The molecule has 3 rings (SSSR count). The van der Waals surface area contributed by atoms with Gasteiger partial charge in [-0.1, -0.05) is 50.1 Å². The van der Waals surface area contributed by atoms with Gasteiger partial charge in [0, 0.05) is 24.6 Å². The maximum absolute atomic E-state index is 12.7. The third-order valence-electron chi connectivity index (χ3n) is 4.10. The number of hydrogen-bond acceptors (Lipinski definition) is 4. The number of aromatic nitrogens is 2. The normalized spacial score (nSPS) is 16.4. The van der Waals surface area contributed by atoms with Crippen molar-refractivity contribution < 1.29 is 4.79 Å². The Bertz CT molecular complexity index is 697. The molecule has 5 heteroatoms. The standard InChI is InChI=1S/C19H22N4O/c1-2-3-10-17-11-7-12-23(17)18(24)15-13-20-19(21-14-15)22-16-8-5-4-6-9-16/h4-9,11,13-14,17H,2-3,10,12H2,1H3,(H,20,21,22)/t17-/m0/s1. The molecule has 0 saturated carbocycles. The fourth-order valence-corrected chi connectivity index (χ4v) is 2.79. The van der Waals surface area contributed by atoms with Crippen molar-refractivity contribution in [3.8, 4) is 0 Å². The lowest BCUT2D eigenvalue weighted by Crippen LogP contribution is -2.36. The van der Waals surface area contributed by atoms with Gasteiger partial charge < -0.3 is 10.2 Å². The van der Waals surface area contributed by atoms with Gasteiger partial charge in [-0.25, -0.2) is 9.97 Å². The molecule has 1 atom stereocenters. The summed E-state index contributed by atoms with van der Waals surface area (Å²) in [7, 11) is 0. The first-order valence-electron chi connectivity index (χ1n) is 8.39. The van der Waals surface area contributed by atoms with Crippen LogP contribution in [0.3, 0.4) is 0 Å². The van der Waals surface area contributed by atoms with Gasteiger partial charge in [0.15, 0.2) is 0 Å². The Morgan fingerprint density at radius 3 is 2.71 bits per heavy atom. The molecule has 0 bridgehead atoms. The molecule has 0 aliphatic carbocycles. The fraction of sp³-hybridized carbons (Fsp3) is 0.316. The quantitative estimate of drug-likeness (QED) is 0.822. The Labute approximate surface area is 142 Å². The fourth-order valence-electron chi connectivity index (χ4n) is 2.79. The maximum atomic E-state index is 12.7. The summed E-state index contributed by atoms with van der Waals surface area (Å²) in [4.78, 5) is 23.1. The number of carbonyl (C=O) groups is 1. The lowest BCUT2D eigenvalue weighted by Gasteiger charge is -2.24. The summed E-state index contributed by atoms with van der Waals surface area (Å²) in [5.74, 6) is 0.479. The number of nitrogens with one attached hydrogen (secondary N) is 1. The van der Waals surface area contributed by atoms with Crippen LogP contribution >= 0.6 is 0 Å².